The van der Waals surface area contributed by atoms with Crippen molar-refractivity contribution >= 4 is 28.8 Å². The van der Waals surface area contributed by atoms with Gasteiger partial charge in [-0.25, -0.2) is 4.98 Å². The number of rotatable bonds is 4. The highest BCUT2D eigenvalue weighted by atomic mass is 32.1. The van der Waals surface area contributed by atoms with Crippen LogP contribution >= 0.6 is 12.2 Å². The maximum absolute atomic E-state index is 5.75. The third-order valence-electron chi connectivity index (χ3n) is 3.00. The van der Waals surface area contributed by atoms with E-state index in [0.717, 1.165) is 17.2 Å². The van der Waals surface area contributed by atoms with E-state index in [1.54, 1.807) is 6.20 Å². The Bertz CT molecular complexity index is 761. The lowest BCUT2D eigenvalue weighted by Gasteiger charge is -2.10. The Kier molecular flexibility index (Phi) is 4.81. The molecule has 0 bridgehead atoms. The average molecular weight is 321 g/mol. The Hall–Kier alpha value is -2.92. The molecule has 2 aromatic carbocycles. The minimum Gasteiger partial charge on any atom is -0.457 e. The van der Waals surface area contributed by atoms with Gasteiger partial charge in [0.05, 0.1) is 0 Å². The van der Waals surface area contributed by atoms with E-state index in [0.29, 0.717) is 10.9 Å². The fourth-order valence-electron chi connectivity index (χ4n) is 1.95. The summed E-state index contributed by atoms with van der Waals surface area (Å²) in [5, 5.41) is 6.62. The van der Waals surface area contributed by atoms with Crippen molar-refractivity contribution < 1.29 is 4.74 Å². The Labute approximate surface area is 140 Å². The third kappa shape index (κ3) is 4.52. The standard InChI is InChI=1S/C18H15N3OS/c23-18(21-17-8-4-5-13-19-17)20-14-9-11-16(12-10-14)22-15-6-2-1-3-7-15/h1-13H,(H2,19,20,21,23). The van der Waals surface area contributed by atoms with Crippen molar-refractivity contribution in [2.45, 2.75) is 0 Å². The minimum absolute atomic E-state index is 0.487. The molecule has 0 fully saturated rings. The number of para-hydroxylation sites is 1. The van der Waals surface area contributed by atoms with Crippen molar-refractivity contribution in [1.82, 2.24) is 4.98 Å². The molecule has 1 aromatic heterocycles. The van der Waals surface area contributed by atoms with Gasteiger partial charge in [-0.1, -0.05) is 24.3 Å². The first-order chi connectivity index (χ1) is 11.3. The van der Waals surface area contributed by atoms with Gasteiger partial charge >= 0.3 is 0 Å². The number of hydrogen-bond donors (Lipinski definition) is 2. The lowest BCUT2D eigenvalue weighted by molar-refractivity contribution is 0.483. The number of anilines is 2. The zero-order valence-corrected chi connectivity index (χ0v) is 13.1. The normalized spacial score (nSPS) is 9.91. The molecule has 0 aliphatic rings. The topological polar surface area (TPSA) is 46.2 Å². The van der Waals surface area contributed by atoms with Crippen molar-refractivity contribution in [3.05, 3.63) is 79.0 Å². The number of benzene rings is 2. The molecule has 23 heavy (non-hydrogen) atoms. The van der Waals surface area contributed by atoms with Gasteiger partial charge in [0.1, 0.15) is 17.3 Å². The molecule has 0 saturated heterocycles. The van der Waals surface area contributed by atoms with Gasteiger partial charge in [0.25, 0.3) is 0 Å². The van der Waals surface area contributed by atoms with Crippen LogP contribution < -0.4 is 15.4 Å². The Balaban J connectivity index is 1.58. The summed E-state index contributed by atoms with van der Waals surface area (Å²) in [5.74, 6) is 2.28. The third-order valence-corrected chi connectivity index (χ3v) is 3.20. The molecule has 0 atom stereocenters. The first-order valence-corrected chi connectivity index (χ1v) is 7.52. The summed E-state index contributed by atoms with van der Waals surface area (Å²) in [5.41, 5.74) is 0.874. The van der Waals surface area contributed by atoms with Gasteiger partial charge in [-0.2, -0.15) is 0 Å². The first kappa shape index (κ1) is 15.0. The zero-order valence-electron chi connectivity index (χ0n) is 12.3. The monoisotopic (exact) mass is 321 g/mol. The van der Waals surface area contributed by atoms with Crippen molar-refractivity contribution in [3.8, 4) is 11.5 Å². The highest BCUT2D eigenvalue weighted by Crippen LogP contribution is 2.22. The molecular formula is C18H15N3OS. The Morgan fingerprint density at radius 1 is 0.783 bits per heavy atom. The van der Waals surface area contributed by atoms with Gasteiger partial charge in [0, 0.05) is 11.9 Å². The van der Waals surface area contributed by atoms with Crippen LogP contribution in [0.2, 0.25) is 0 Å². The van der Waals surface area contributed by atoms with E-state index in [1.165, 1.54) is 0 Å². The van der Waals surface area contributed by atoms with Crippen LogP contribution in [0.4, 0.5) is 11.5 Å². The number of nitrogens with one attached hydrogen (secondary N) is 2. The number of pyridine rings is 1. The van der Waals surface area contributed by atoms with E-state index in [-0.39, 0.29) is 0 Å². The van der Waals surface area contributed by atoms with Crippen LogP contribution in [0.3, 0.4) is 0 Å². The smallest absolute Gasteiger partial charge is 0.176 e. The van der Waals surface area contributed by atoms with E-state index in [2.05, 4.69) is 15.6 Å². The summed E-state index contributed by atoms with van der Waals surface area (Å²) >= 11 is 5.26. The molecule has 0 saturated carbocycles. The maximum atomic E-state index is 5.75. The summed E-state index contributed by atoms with van der Waals surface area (Å²) in [7, 11) is 0. The second-order valence-electron chi connectivity index (χ2n) is 4.73. The summed E-state index contributed by atoms with van der Waals surface area (Å²) in [6, 6.07) is 22.9. The number of nitrogens with zero attached hydrogens (tertiary/aromatic N) is 1. The molecule has 0 radical (unpaired) electrons. The molecule has 1 heterocycles. The molecule has 0 unspecified atom stereocenters. The second-order valence-corrected chi connectivity index (χ2v) is 5.14. The maximum Gasteiger partial charge on any atom is 0.176 e. The molecule has 0 aliphatic carbocycles. The minimum atomic E-state index is 0.487. The predicted octanol–water partition coefficient (Wildman–Crippen LogP) is 4.68. The van der Waals surface area contributed by atoms with Gasteiger partial charge in [-0.3, -0.25) is 0 Å². The molecule has 0 aliphatic heterocycles. The summed E-state index contributed by atoms with van der Waals surface area (Å²) in [6.45, 7) is 0. The Morgan fingerprint density at radius 2 is 1.48 bits per heavy atom. The van der Waals surface area contributed by atoms with Crippen LogP contribution in [0, 0.1) is 0 Å². The fraction of sp³-hybridized carbons (Fsp3) is 0. The molecular weight excluding hydrogens is 306 g/mol. The first-order valence-electron chi connectivity index (χ1n) is 7.11. The van der Waals surface area contributed by atoms with Crippen LogP contribution in [-0.4, -0.2) is 10.1 Å². The zero-order chi connectivity index (χ0) is 15.9. The van der Waals surface area contributed by atoms with E-state index >= 15 is 0 Å². The molecule has 3 aromatic rings. The van der Waals surface area contributed by atoms with Crippen LogP contribution in [0.25, 0.3) is 0 Å². The molecule has 4 nitrogen and oxygen atoms in total. The van der Waals surface area contributed by atoms with Crippen LogP contribution in [0.15, 0.2) is 79.0 Å². The van der Waals surface area contributed by atoms with Gasteiger partial charge in [-0.05, 0) is 60.7 Å². The number of ether oxygens (including phenoxy) is 1. The van der Waals surface area contributed by atoms with Crippen LogP contribution in [0.5, 0.6) is 11.5 Å². The molecule has 2 N–H and O–H groups in total. The second kappa shape index (κ2) is 7.38. The van der Waals surface area contributed by atoms with Crippen LogP contribution in [-0.2, 0) is 0 Å². The molecule has 3 rings (SSSR count). The average Bonchev–Trinajstić information content (AvgIpc) is 2.58. The fourth-order valence-corrected chi connectivity index (χ4v) is 2.17. The lowest BCUT2D eigenvalue weighted by Crippen LogP contribution is -2.19. The molecule has 114 valence electrons. The van der Waals surface area contributed by atoms with Gasteiger partial charge in [-0.15, -0.1) is 0 Å². The lowest BCUT2D eigenvalue weighted by atomic mass is 10.3. The van der Waals surface area contributed by atoms with Gasteiger partial charge < -0.3 is 15.4 Å². The van der Waals surface area contributed by atoms with E-state index < -0.39 is 0 Å². The highest BCUT2D eigenvalue weighted by molar-refractivity contribution is 7.80. The van der Waals surface area contributed by atoms with Crippen molar-refractivity contribution in [3.63, 3.8) is 0 Å². The molecule has 0 amide bonds. The predicted molar refractivity (Wildman–Crippen MR) is 97.0 cm³/mol. The Morgan fingerprint density at radius 3 is 2.17 bits per heavy atom. The van der Waals surface area contributed by atoms with E-state index in [1.807, 2.05) is 72.8 Å². The van der Waals surface area contributed by atoms with Gasteiger partial charge in [0.2, 0.25) is 0 Å². The summed E-state index contributed by atoms with van der Waals surface area (Å²) in [6.07, 6.45) is 1.71. The quantitative estimate of drug-likeness (QED) is 0.683. The van der Waals surface area contributed by atoms with Crippen molar-refractivity contribution in [1.29, 1.82) is 0 Å². The van der Waals surface area contributed by atoms with Crippen molar-refractivity contribution in [2.24, 2.45) is 0 Å². The molecule has 5 heteroatoms. The number of aromatic nitrogens is 1. The van der Waals surface area contributed by atoms with Crippen molar-refractivity contribution in [2.75, 3.05) is 10.6 Å². The SMILES string of the molecule is S=C(Nc1ccc(Oc2ccccc2)cc1)Nc1ccccn1. The van der Waals surface area contributed by atoms with E-state index in [4.69, 9.17) is 17.0 Å². The van der Waals surface area contributed by atoms with Gasteiger partial charge in [0.15, 0.2) is 5.11 Å². The number of thiocarbonyl (C=S) groups is 1. The van der Waals surface area contributed by atoms with Crippen LogP contribution in [0.1, 0.15) is 0 Å². The summed E-state index contributed by atoms with van der Waals surface area (Å²) in [4.78, 5) is 4.16. The largest absolute Gasteiger partial charge is 0.457 e. The van der Waals surface area contributed by atoms with E-state index in [9.17, 15) is 0 Å². The highest BCUT2D eigenvalue weighted by Gasteiger charge is 2.01. The number of hydrogen-bond acceptors (Lipinski definition) is 3. The molecule has 0 spiro atoms. The summed E-state index contributed by atoms with van der Waals surface area (Å²) < 4.78 is 5.75.